The molecule has 1 amide bonds. The highest BCUT2D eigenvalue weighted by Gasteiger charge is 2.46. The number of ether oxygens (including phenoxy) is 1. The monoisotopic (exact) mass is 493 g/mol. The fourth-order valence-electron chi connectivity index (χ4n) is 4.06. The second kappa shape index (κ2) is 8.42. The van der Waals surface area contributed by atoms with Gasteiger partial charge in [-0.3, -0.25) is 4.79 Å². The molecular formula is C24H24FN7O2S. The standard InChI is InChI=1S/C24H24FN7O2S/c1-13-11-26-23(27-16-10-17(34-5)30-31(16)4)29-18(13)21-28-19-20(35-21)24(2,3)32(22(19)33)12-14-7-6-8-15(25)9-14/h6-11H,12H2,1-5H3,(H,26,27,29). The molecule has 0 spiro atoms. The number of hydrogen-bond donors (Lipinski definition) is 1. The van der Waals surface area contributed by atoms with E-state index in [1.54, 1.807) is 42.1 Å². The molecule has 4 aromatic rings. The third-order valence-corrected chi connectivity index (χ3v) is 7.39. The van der Waals surface area contributed by atoms with Crippen molar-refractivity contribution in [1.29, 1.82) is 0 Å². The zero-order valence-corrected chi connectivity index (χ0v) is 20.8. The molecule has 0 unspecified atom stereocenters. The van der Waals surface area contributed by atoms with E-state index in [0.717, 1.165) is 16.0 Å². The summed E-state index contributed by atoms with van der Waals surface area (Å²) in [5, 5.41) is 8.02. The Labute approximate surface area is 205 Å². The number of carbonyl (C=O) groups excluding carboxylic acids is 1. The van der Waals surface area contributed by atoms with Crippen LogP contribution in [0.15, 0.2) is 36.5 Å². The van der Waals surface area contributed by atoms with Gasteiger partial charge in [-0.25, -0.2) is 24.0 Å². The highest BCUT2D eigenvalue weighted by atomic mass is 32.1. The van der Waals surface area contributed by atoms with Crippen LogP contribution >= 0.6 is 11.3 Å². The molecule has 0 fully saturated rings. The Morgan fingerprint density at radius 1 is 1.20 bits per heavy atom. The SMILES string of the molecule is COc1cc(Nc2ncc(C)c(-c3nc4c(s3)C(C)(C)N(Cc3cccc(F)c3)C4=O)n2)n(C)n1. The molecule has 3 aromatic heterocycles. The zero-order valence-electron chi connectivity index (χ0n) is 20.0. The van der Waals surface area contributed by atoms with Gasteiger partial charge in [0.15, 0.2) is 0 Å². The van der Waals surface area contributed by atoms with Crippen LogP contribution in [0.2, 0.25) is 0 Å². The summed E-state index contributed by atoms with van der Waals surface area (Å²) in [7, 11) is 3.34. The van der Waals surface area contributed by atoms with Crippen molar-refractivity contribution in [2.45, 2.75) is 32.9 Å². The Hall–Kier alpha value is -3.86. The van der Waals surface area contributed by atoms with Crippen molar-refractivity contribution in [3.8, 4) is 16.6 Å². The van der Waals surface area contributed by atoms with E-state index in [4.69, 9.17) is 4.74 Å². The number of thiazole rings is 1. The molecule has 1 N–H and O–H groups in total. The van der Waals surface area contributed by atoms with Crippen LogP contribution in [-0.2, 0) is 19.1 Å². The second-order valence-corrected chi connectivity index (χ2v) is 9.82. The fourth-order valence-corrected chi connectivity index (χ4v) is 5.29. The maximum Gasteiger partial charge on any atom is 0.274 e. The molecule has 0 radical (unpaired) electrons. The lowest BCUT2D eigenvalue weighted by Gasteiger charge is -2.32. The molecule has 1 aromatic carbocycles. The average molecular weight is 494 g/mol. The first-order valence-corrected chi connectivity index (χ1v) is 11.8. The molecule has 11 heteroatoms. The van der Waals surface area contributed by atoms with Gasteiger partial charge in [0.05, 0.1) is 17.5 Å². The smallest absolute Gasteiger partial charge is 0.274 e. The molecule has 1 aliphatic rings. The Morgan fingerprint density at radius 3 is 2.69 bits per heavy atom. The van der Waals surface area contributed by atoms with Crippen molar-refractivity contribution in [2.75, 3.05) is 12.4 Å². The van der Waals surface area contributed by atoms with Gasteiger partial charge in [-0.1, -0.05) is 12.1 Å². The lowest BCUT2D eigenvalue weighted by atomic mass is 10.0. The summed E-state index contributed by atoms with van der Waals surface area (Å²) < 4.78 is 20.5. The van der Waals surface area contributed by atoms with Crippen LogP contribution in [0.3, 0.4) is 0 Å². The first-order valence-electron chi connectivity index (χ1n) is 10.9. The summed E-state index contributed by atoms with van der Waals surface area (Å²) in [4.78, 5) is 29.6. The second-order valence-electron chi connectivity index (χ2n) is 8.82. The van der Waals surface area contributed by atoms with Gasteiger partial charge in [0.1, 0.15) is 28.0 Å². The Bertz CT molecular complexity index is 1450. The summed E-state index contributed by atoms with van der Waals surface area (Å²) in [5.74, 6) is 1.02. The molecule has 35 heavy (non-hydrogen) atoms. The van der Waals surface area contributed by atoms with Crippen LogP contribution in [0, 0.1) is 12.7 Å². The van der Waals surface area contributed by atoms with Crippen molar-refractivity contribution >= 4 is 29.0 Å². The number of nitrogens with one attached hydrogen (secondary N) is 1. The number of hydrogen-bond acceptors (Lipinski definition) is 8. The van der Waals surface area contributed by atoms with Gasteiger partial charge in [-0.2, -0.15) is 0 Å². The predicted octanol–water partition coefficient (Wildman–Crippen LogP) is 4.42. The summed E-state index contributed by atoms with van der Waals surface area (Å²) >= 11 is 1.44. The number of anilines is 2. The lowest BCUT2D eigenvalue weighted by molar-refractivity contribution is 0.0595. The highest BCUT2D eigenvalue weighted by molar-refractivity contribution is 7.15. The summed E-state index contributed by atoms with van der Waals surface area (Å²) in [6.07, 6.45) is 1.72. The van der Waals surface area contributed by atoms with E-state index in [0.29, 0.717) is 40.6 Å². The number of aryl methyl sites for hydroxylation is 2. The summed E-state index contributed by atoms with van der Waals surface area (Å²) in [5.41, 5.74) is 2.04. The number of aromatic nitrogens is 5. The van der Waals surface area contributed by atoms with Crippen LogP contribution in [-0.4, -0.2) is 42.6 Å². The number of methoxy groups -OCH3 is 1. The van der Waals surface area contributed by atoms with Gasteiger partial charge >= 0.3 is 0 Å². The number of amides is 1. The van der Waals surface area contributed by atoms with E-state index in [9.17, 15) is 9.18 Å². The van der Waals surface area contributed by atoms with Gasteiger partial charge in [-0.05, 0) is 44.0 Å². The minimum Gasteiger partial charge on any atom is -0.480 e. The largest absolute Gasteiger partial charge is 0.480 e. The minimum atomic E-state index is -0.595. The minimum absolute atomic E-state index is 0.177. The third kappa shape index (κ3) is 4.01. The summed E-state index contributed by atoms with van der Waals surface area (Å²) in [6, 6.07) is 8.05. The number of fused-ring (bicyclic) bond motifs is 1. The molecule has 0 aliphatic carbocycles. The Morgan fingerprint density at radius 2 is 2.00 bits per heavy atom. The predicted molar refractivity (Wildman–Crippen MR) is 130 cm³/mol. The molecule has 4 heterocycles. The summed E-state index contributed by atoms with van der Waals surface area (Å²) in [6.45, 7) is 6.17. The quantitative estimate of drug-likeness (QED) is 0.424. The van der Waals surface area contributed by atoms with Crippen LogP contribution in [0.4, 0.5) is 16.2 Å². The van der Waals surface area contributed by atoms with Gasteiger partial charge in [0.2, 0.25) is 11.8 Å². The number of nitrogens with zero attached hydrogens (tertiary/aromatic N) is 6. The first-order chi connectivity index (χ1) is 16.7. The molecule has 0 saturated carbocycles. The van der Waals surface area contributed by atoms with E-state index in [2.05, 4.69) is 25.4 Å². The maximum atomic E-state index is 13.7. The van der Waals surface area contributed by atoms with Crippen molar-refractivity contribution in [3.05, 3.63) is 64.0 Å². The van der Waals surface area contributed by atoms with Crippen LogP contribution in [0.1, 0.15) is 40.3 Å². The normalized spacial score (nSPS) is 14.3. The molecule has 180 valence electrons. The maximum absolute atomic E-state index is 13.7. The third-order valence-electron chi connectivity index (χ3n) is 6.02. The van der Waals surface area contributed by atoms with E-state index in [1.165, 1.54) is 23.5 Å². The Balaban J connectivity index is 1.45. The van der Waals surface area contributed by atoms with E-state index in [-0.39, 0.29) is 11.7 Å². The highest BCUT2D eigenvalue weighted by Crippen LogP contribution is 2.45. The van der Waals surface area contributed by atoms with Gasteiger partial charge in [-0.15, -0.1) is 16.4 Å². The van der Waals surface area contributed by atoms with E-state index >= 15 is 0 Å². The lowest BCUT2D eigenvalue weighted by Crippen LogP contribution is -2.38. The Kier molecular flexibility index (Phi) is 5.51. The van der Waals surface area contributed by atoms with Gasteiger partial charge < -0.3 is 15.0 Å². The number of halogens is 1. The van der Waals surface area contributed by atoms with Crippen molar-refractivity contribution in [3.63, 3.8) is 0 Å². The van der Waals surface area contributed by atoms with Crippen molar-refractivity contribution in [1.82, 2.24) is 29.6 Å². The van der Waals surface area contributed by atoms with Crippen LogP contribution < -0.4 is 10.1 Å². The van der Waals surface area contributed by atoms with Crippen molar-refractivity contribution in [2.24, 2.45) is 7.05 Å². The van der Waals surface area contributed by atoms with Crippen LogP contribution in [0.5, 0.6) is 5.88 Å². The zero-order chi connectivity index (χ0) is 24.9. The van der Waals surface area contributed by atoms with Crippen molar-refractivity contribution < 1.29 is 13.9 Å². The number of benzene rings is 1. The van der Waals surface area contributed by atoms with Gasteiger partial charge in [0, 0.05) is 25.9 Å². The fraction of sp³-hybridized carbons (Fsp3) is 0.292. The topological polar surface area (TPSA) is 98.1 Å². The molecule has 9 nitrogen and oxygen atoms in total. The average Bonchev–Trinajstić information content (AvgIpc) is 3.46. The van der Waals surface area contributed by atoms with Crippen LogP contribution in [0.25, 0.3) is 10.7 Å². The number of carbonyl (C=O) groups is 1. The molecule has 0 saturated heterocycles. The van der Waals surface area contributed by atoms with E-state index in [1.807, 2.05) is 26.8 Å². The molecule has 5 rings (SSSR count). The number of rotatable bonds is 6. The molecule has 1 aliphatic heterocycles. The molecule has 0 atom stereocenters. The van der Waals surface area contributed by atoms with E-state index < -0.39 is 5.54 Å². The van der Waals surface area contributed by atoms with Gasteiger partial charge in [0.25, 0.3) is 5.91 Å². The molecule has 0 bridgehead atoms. The first kappa shape index (κ1) is 22.9. The molecular weight excluding hydrogens is 469 g/mol.